The summed E-state index contributed by atoms with van der Waals surface area (Å²) < 4.78 is 0. The number of thiazole rings is 1. The van der Waals surface area contributed by atoms with Crippen LogP contribution >= 0.6 is 11.3 Å². The molecule has 1 aromatic heterocycles. The SMILES string of the molecule is Cc1ccc(C(C)NC(=O)/C=C/c2csc(C)n2)cc1. The van der Waals surface area contributed by atoms with Crippen LogP contribution in [0.2, 0.25) is 0 Å². The molecule has 0 aliphatic rings. The van der Waals surface area contributed by atoms with Crippen LogP contribution in [0.15, 0.2) is 35.7 Å². The van der Waals surface area contributed by atoms with Crippen molar-refractivity contribution in [2.75, 3.05) is 0 Å². The number of carbonyl (C=O) groups is 1. The topological polar surface area (TPSA) is 42.0 Å². The first-order valence-corrected chi connectivity index (χ1v) is 7.40. The van der Waals surface area contributed by atoms with Crippen molar-refractivity contribution < 1.29 is 4.79 Å². The van der Waals surface area contributed by atoms with E-state index in [1.807, 2.05) is 50.4 Å². The van der Waals surface area contributed by atoms with E-state index in [0.717, 1.165) is 16.3 Å². The second-order valence-corrected chi connectivity index (χ2v) is 5.83. The Kier molecular flexibility index (Phi) is 4.69. The van der Waals surface area contributed by atoms with Crippen molar-refractivity contribution in [3.63, 3.8) is 0 Å². The Bertz CT molecular complexity index is 614. The van der Waals surface area contributed by atoms with E-state index in [1.54, 1.807) is 17.4 Å². The fourth-order valence-corrected chi connectivity index (χ4v) is 2.40. The van der Waals surface area contributed by atoms with Gasteiger partial charge in [-0.25, -0.2) is 4.98 Å². The largest absolute Gasteiger partial charge is 0.346 e. The van der Waals surface area contributed by atoms with E-state index in [2.05, 4.69) is 10.3 Å². The fraction of sp³-hybridized carbons (Fsp3) is 0.250. The summed E-state index contributed by atoms with van der Waals surface area (Å²) in [5.74, 6) is -0.108. The van der Waals surface area contributed by atoms with Crippen LogP contribution in [0.3, 0.4) is 0 Å². The molecule has 0 saturated heterocycles. The molecule has 2 rings (SSSR count). The van der Waals surface area contributed by atoms with Gasteiger partial charge in [-0.2, -0.15) is 0 Å². The second-order valence-electron chi connectivity index (χ2n) is 4.77. The number of aromatic nitrogens is 1. The van der Waals surface area contributed by atoms with Crippen LogP contribution in [0.4, 0.5) is 0 Å². The van der Waals surface area contributed by atoms with Crippen LogP contribution in [0.1, 0.15) is 34.8 Å². The van der Waals surface area contributed by atoms with Gasteiger partial charge in [0.2, 0.25) is 5.91 Å². The van der Waals surface area contributed by atoms with Gasteiger partial charge in [0.1, 0.15) is 0 Å². The molecule has 2 aromatic rings. The number of hydrogen-bond acceptors (Lipinski definition) is 3. The van der Waals surface area contributed by atoms with Gasteiger partial charge in [0, 0.05) is 11.5 Å². The zero-order valence-corrected chi connectivity index (χ0v) is 12.7. The minimum atomic E-state index is -0.108. The summed E-state index contributed by atoms with van der Waals surface area (Å²) in [5, 5.41) is 5.87. The molecule has 0 spiro atoms. The van der Waals surface area contributed by atoms with Crippen LogP contribution in [-0.2, 0) is 4.79 Å². The van der Waals surface area contributed by atoms with Crippen LogP contribution in [-0.4, -0.2) is 10.9 Å². The maximum Gasteiger partial charge on any atom is 0.244 e. The molecule has 0 saturated carbocycles. The average molecular weight is 286 g/mol. The first-order valence-electron chi connectivity index (χ1n) is 6.52. The van der Waals surface area contributed by atoms with Crippen LogP contribution in [0, 0.1) is 13.8 Å². The van der Waals surface area contributed by atoms with Crippen molar-refractivity contribution in [2.45, 2.75) is 26.8 Å². The molecule has 0 radical (unpaired) electrons. The number of rotatable bonds is 4. The van der Waals surface area contributed by atoms with Gasteiger partial charge in [-0.15, -0.1) is 11.3 Å². The third-order valence-corrected chi connectivity index (χ3v) is 3.77. The first kappa shape index (κ1) is 14.5. The summed E-state index contributed by atoms with van der Waals surface area (Å²) in [6, 6.07) is 8.16. The highest BCUT2D eigenvalue weighted by atomic mass is 32.1. The molecule has 0 bridgehead atoms. The minimum absolute atomic E-state index is 0.00933. The molecule has 0 fully saturated rings. The van der Waals surface area contributed by atoms with Crippen LogP contribution in [0.25, 0.3) is 6.08 Å². The van der Waals surface area contributed by atoms with E-state index in [-0.39, 0.29) is 11.9 Å². The number of nitrogens with zero attached hydrogens (tertiary/aromatic N) is 1. The molecule has 0 aliphatic carbocycles. The van der Waals surface area contributed by atoms with Crippen LogP contribution < -0.4 is 5.32 Å². The fourth-order valence-electron chi connectivity index (χ4n) is 1.82. The molecule has 3 nitrogen and oxygen atoms in total. The number of nitrogens with one attached hydrogen (secondary N) is 1. The quantitative estimate of drug-likeness (QED) is 0.872. The van der Waals surface area contributed by atoms with E-state index in [0.29, 0.717) is 0 Å². The first-order chi connectivity index (χ1) is 9.54. The second kappa shape index (κ2) is 6.48. The zero-order valence-electron chi connectivity index (χ0n) is 11.9. The van der Waals surface area contributed by atoms with E-state index >= 15 is 0 Å². The van der Waals surface area contributed by atoms with Gasteiger partial charge in [0.15, 0.2) is 0 Å². The summed E-state index contributed by atoms with van der Waals surface area (Å²) >= 11 is 1.57. The van der Waals surface area contributed by atoms with Crippen molar-refractivity contribution in [1.29, 1.82) is 0 Å². The van der Waals surface area contributed by atoms with Crippen molar-refractivity contribution in [3.8, 4) is 0 Å². The standard InChI is InChI=1S/C16H18N2OS/c1-11-4-6-14(7-5-11)12(2)17-16(19)9-8-15-10-20-13(3)18-15/h4-10,12H,1-3H3,(H,17,19)/b9-8+. The molecule has 1 atom stereocenters. The third-order valence-electron chi connectivity index (χ3n) is 2.98. The summed E-state index contributed by atoms with van der Waals surface area (Å²) in [6.07, 6.45) is 3.26. The molecule has 104 valence electrons. The van der Waals surface area contributed by atoms with Gasteiger partial charge in [-0.05, 0) is 32.4 Å². The summed E-state index contributed by atoms with van der Waals surface area (Å²) in [4.78, 5) is 16.1. The normalized spacial score (nSPS) is 12.6. The number of carbonyl (C=O) groups excluding carboxylic acids is 1. The highest BCUT2D eigenvalue weighted by Gasteiger charge is 2.07. The lowest BCUT2D eigenvalue weighted by Gasteiger charge is -2.13. The smallest absolute Gasteiger partial charge is 0.244 e. The number of aryl methyl sites for hydroxylation is 2. The van der Waals surface area contributed by atoms with Gasteiger partial charge >= 0.3 is 0 Å². The molecule has 1 unspecified atom stereocenters. The minimum Gasteiger partial charge on any atom is -0.346 e. The van der Waals surface area contributed by atoms with Gasteiger partial charge in [0.05, 0.1) is 16.7 Å². The molecule has 20 heavy (non-hydrogen) atoms. The van der Waals surface area contributed by atoms with Crippen LogP contribution in [0.5, 0.6) is 0 Å². The third kappa shape index (κ3) is 4.03. The van der Waals surface area contributed by atoms with E-state index in [9.17, 15) is 4.79 Å². The monoisotopic (exact) mass is 286 g/mol. The van der Waals surface area contributed by atoms with Gasteiger partial charge in [0.25, 0.3) is 0 Å². The lowest BCUT2D eigenvalue weighted by Crippen LogP contribution is -2.24. The zero-order chi connectivity index (χ0) is 14.5. The van der Waals surface area contributed by atoms with Gasteiger partial charge in [-0.1, -0.05) is 29.8 Å². The number of hydrogen-bond donors (Lipinski definition) is 1. The predicted octanol–water partition coefficient (Wildman–Crippen LogP) is 3.65. The Morgan fingerprint density at radius 1 is 1.30 bits per heavy atom. The Morgan fingerprint density at radius 2 is 2.00 bits per heavy atom. The van der Waals surface area contributed by atoms with Gasteiger partial charge in [-0.3, -0.25) is 4.79 Å². The molecule has 1 aromatic carbocycles. The molecule has 1 amide bonds. The maximum atomic E-state index is 11.9. The molecular weight excluding hydrogens is 268 g/mol. The predicted molar refractivity (Wildman–Crippen MR) is 83.6 cm³/mol. The number of amides is 1. The molecule has 0 aliphatic heterocycles. The Labute approximate surface area is 123 Å². The molecule has 1 N–H and O–H groups in total. The summed E-state index contributed by atoms with van der Waals surface area (Å²) in [7, 11) is 0. The highest BCUT2D eigenvalue weighted by Crippen LogP contribution is 2.13. The molecule has 4 heteroatoms. The lowest BCUT2D eigenvalue weighted by atomic mass is 10.1. The van der Waals surface area contributed by atoms with Crippen molar-refractivity contribution in [3.05, 3.63) is 57.6 Å². The van der Waals surface area contributed by atoms with Gasteiger partial charge < -0.3 is 5.32 Å². The summed E-state index contributed by atoms with van der Waals surface area (Å²) in [6.45, 7) is 5.97. The summed E-state index contributed by atoms with van der Waals surface area (Å²) in [5.41, 5.74) is 3.14. The highest BCUT2D eigenvalue weighted by molar-refractivity contribution is 7.09. The van der Waals surface area contributed by atoms with Crippen molar-refractivity contribution in [1.82, 2.24) is 10.3 Å². The van der Waals surface area contributed by atoms with E-state index < -0.39 is 0 Å². The average Bonchev–Trinajstić information content (AvgIpc) is 2.83. The lowest BCUT2D eigenvalue weighted by molar-refractivity contribution is -0.117. The Hall–Kier alpha value is -1.94. The Morgan fingerprint density at radius 3 is 2.60 bits per heavy atom. The van der Waals surface area contributed by atoms with E-state index in [4.69, 9.17) is 0 Å². The Balaban J connectivity index is 1.94. The maximum absolute atomic E-state index is 11.9. The van der Waals surface area contributed by atoms with E-state index in [1.165, 1.54) is 11.6 Å². The van der Waals surface area contributed by atoms with Crippen molar-refractivity contribution >= 4 is 23.3 Å². The molecular formula is C16H18N2OS. The number of benzene rings is 1. The van der Waals surface area contributed by atoms with Crippen molar-refractivity contribution in [2.24, 2.45) is 0 Å². The molecule has 1 heterocycles.